The fourth-order valence-electron chi connectivity index (χ4n) is 1.90. The summed E-state index contributed by atoms with van der Waals surface area (Å²) in [5.74, 6) is -0.831. The van der Waals surface area contributed by atoms with Gasteiger partial charge in [0.2, 0.25) is 0 Å². The van der Waals surface area contributed by atoms with E-state index >= 15 is 0 Å². The Balaban J connectivity index is 1.90. The first kappa shape index (κ1) is 16.9. The van der Waals surface area contributed by atoms with Crippen molar-refractivity contribution in [3.8, 4) is 5.75 Å². The summed E-state index contributed by atoms with van der Waals surface area (Å²) < 4.78 is 0. The summed E-state index contributed by atoms with van der Waals surface area (Å²) in [4.78, 5) is 21.7. The lowest BCUT2D eigenvalue weighted by Crippen LogP contribution is -2.25. The summed E-state index contributed by atoms with van der Waals surface area (Å²) in [7, 11) is 0. The number of hydrogen-bond donors (Lipinski definition) is 2. The van der Waals surface area contributed by atoms with Gasteiger partial charge in [-0.15, -0.1) is 0 Å². The van der Waals surface area contributed by atoms with Gasteiger partial charge in [-0.05, 0) is 30.2 Å². The Kier molecular flexibility index (Phi) is 5.45. The van der Waals surface area contributed by atoms with Gasteiger partial charge in [-0.25, -0.2) is 5.43 Å². The largest absolute Gasteiger partial charge is 0.872 e. The van der Waals surface area contributed by atoms with Crippen LogP contribution in [0.4, 0.5) is 11.4 Å². The first-order chi connectivity index (χ1) is 11.5. The Morgan fingerprint density at radius 2 is 2.08 bits per heavy atom. The van der Waals surface area contributed by atoms with Crippen LogP contribution in [0.15, 0.2) is 47.6 Å². The Bertz CT molecular complexity index is 789. The Morgan fingerprint density at radius 3 is 2.79 bits per heavy atom. The van der Waals surface area contributed by atoms with E-state index in [2.05, 4.69) is 15.8 Å². The van der Waals surface area contributed by atoms with Crippen LogP contribution in [0.3, 0.4) is 0 Å². The molecule has 124 valence electrons. The van der Waals surface area contributed by atoms with Crippen molar-refractivity contribution in [1.29, 1.82) is 0 Å². The summed E-state index contributed by atoms with van der Waals surface area (Å²) in [5.41, 5.74) is 3.92. The van der Waals surface area contributed by atoms with Crippen LogP contribution < -0.4 is 15.8 Å². The molecule has 2 aromatic rings. The Hall–Kier alpha value is -3.42. The van der Waals surface area contributed by atoms with E-state index in [-0.39, 0.29) is 17.8 Å². The quantitative estimate of drug-likeness (QED) is 0.474. The number of nitrogens with one attached hydrogen (secondary N) is 2. The normalized spacial score (nSPS) is 10.5. The van der Waals surface area contributed by atoms with Crippen molar-refractivity contribution in [1.82, 2.24) is 5.43 Å². The maximum absolute atomic E-state index is 11.7. The van der Waals surface area contributed by atoms with E-state index in [4.69, 9.17) is 0 Å². The molecule has 0 aliphatic heterocycles. The molecule has 0 aliphatic rings. The highest BCUT2D eigenvalue weighted by molar-refractivity contribution is 5.86. The fraction of sp³-hybridized carbons (Fsp3) is 0.125. The fourth-order valence-corrected chi connectivity index (χ4v) is 1.90. The lowest BCUT2D eigenvalue weighted by atomic mass is 10.2. The second kappa shape index (κ2) is 7.73. The molecule has 0 unspecified atom stereocenters. The van der Waals surface area contributed by atoms with Crippen LogP contribution in [0.5, 0.6) is 5.75 Å². The van der Waals surface area contributed by atoms with Gasteiger partial charge in [-0.3, -0.25) is 14.9 Å². The molecular weight excluding hydrogens is 312 g/mol. The number of hydrogen-bond acceptors (Lipinski definition) is 6. The van der Waals surface area contributed by atoms with Crippen molar-refractivity contribution >= 4 is 23.5 Å². The van der Waals surface area contributed by atoms with Crippen LogP contribution in [0, 0.1) is 17.0 Å². The number of aryl methyl sites for hydroxylation is 1. The molecular formula is C16H15N4O4-. The third kappa shape index (κ3) is 4.80. The summed E-state index contributed by atoms with van der Waals surface area (Å²) in [6, 6.07) is 10.8. The van der Waals surface area contributed by atoms with Crippen molar-refractivity contribution in [2.45, 2.75) is 6.92 Å². The van der Waals surface area contributed by atoms with Gasteiger partial charge in [0.1, 0.15) is 0 Å². The molecule has 0 heterocycles. The lowest BCUT2D eigenvalue weighted by Gasteiger charge is -2.09. The molecule has 0 saturated carbocycles. The summed E-state index contributed by atoms with van der Waals surface area (Å²) in [6.45, 7) is 1.94. The van der Waals surface area contributed by atoms with Crippen LogP contribution in [0.25, 0.3) is 0 Å². The molecule has 0 radical (unpaired) electrons. The topological polar surface area (TPSA) is 120 Å². The second-order valence-electron chi connectivity index (χ2n) is 5.00. The van der Waals surface area contributed by atoms with Crippen molar-refractivity contribution in [2.24, 2.45) is 5.10 Å². The molecule has 0 saturated heterocycles. The number of amides is 1. The number of nitro benzene ring substituents is 1. The third-order valence-corrected chi connectivity index (χ3v) is 3.07. The number of nitrogens with zero attached hydrogens (tertiary/aromatic N) is 2. The maximum Gasteiger partial charge on any atom is 0.270 e. The van der Waals surface area contributed by atoms with Gasteiger partial charge in [-0.1, -0.05) is 23.9 Å². The molecule has 0 fully saturated rings. The van der Waals surface area contributed by atoms with E-state index in [9.17, 15) is 20.0 Å². The first-order valence-electron chi connectivity index (χ1n) is 7.03. The van der Waals surface area contributed by atoms with Gasteiger partial charge < -0.3 is 10.4 Å². The molecule has 0 spiro atoms. The Labute approximate surface area is 138 Å². The van der Waals surface area contributed by atoms with Crippen LogP contribution in [-0.4, -0.2) is 23.6 Å². The molecule has 2 aromatic carbocycles. The molecule has 2 N–H and O–H groups in total. The van der Waals surface area contributed by atoms with Gasteiger partial charge in [0.05, 0.1) is 17.7 Å². The Morgan fingerprint density at radius 1 is 1.29 bits per heavy atom. The highest BCUT2D eigenvalue weighted by Crippen LogP contribution is 2.18. The standard InChI is InChI=1S/C16H16N4O4/c1-11-3-2-4-13(7-11)17-10-16(22)19-18-9-12-8-14(20(23)24)5-6-15(12)21/h2-9,17,21H,10H2,1H3,(H,19,22)/p-1/b18-9-. The minimum Gasteiger partial charge on any atom is -0.872 e. The zero-order valence-corrected chi connectivity index (χ0v) is 12.9. The highest BCUT2D eigenvalue weighted by atomic mass is 16.6. The van der Waals surface area contributed by atoms with Crippen molar-refractivity contribution < 1.29 is 14.8 Å². The van der Waals surface area contributed by atoms with E-state index in [1.54, 1.807) is 0 Å². The predicted octanol–water partition coefficient (Wildman–Crippen LogP) is 1.54. The molecule has 1 amide bonds. The SMILES string of the molecule is Cc1cccc(NCC(=O)N/N=C\c2cc([N+](=O)[O-])ccc2[O-])c1. The number of anilines is 1. The van der Waals surface area contributed by atoms with Gasteiger partial charge in [0, 0.05) is 17.8 Å². The molecule has 0 bridgehead atoms. The van der Waals surface area contributed by atoms with Crippen molar-refractivity contribution in [2.75, 3.05) is 11.9 Å². The van der Waals surface area contributed by atoms with Gasteiger partial charge in [0.25, 0.3) is 11.6 Å². The number of nitro groups is 1. The van der Waals surface area contributed by atoms with E-state index in [0.29, 0.717) is 0 Å². The van der Waals surface area contributed by atoms with Crippen LogP contribution in [0.2, 0.25) is 0 Å². The zero-order valence-electron chi connectivity index (χ0n) is 12.9. The second-order valence-corrected chi connectivity index (χ2v) is 5.00. The number of benzene rings is 2. The molecule has 0 aliphatic carbocycles. The molecule has 8 nitrogen and oxygen atoms in total. The average molecular weight is 327 g/mol. The minimum atomic E-state index is -0.610. The molecule has 24 heavy (non-hydrogen) atoms. The van der Waals surface area contributed by atoms with Gasteiger partial charge in [-0.2, -0.15) is 5.10 Å². The number of carbonyl (C=O) groups is 1. The highest BCUT2D eigenvalue weighted by Gasteiger charge is 2.05. The monoisotopic (exact) mass is 327 g/mol. The maximum atomic E-state index is 11.7. The van der Waals surface area contributed by atoms with E-state index in [1.165, 1.54) is 0 Å². The van der Waals surface area contributed by atoms with Crippen molar-refractivity contribution in [3.63, 3.8) is 0 Å². The van der Waals surface area contributed by atoms with E-state index in [1.807, 2.05) is 31.2 Å². The summed E-state index contributed by atoms with van der Waals surface area (Å²) in [6.07, 6.45) is 1.08. The number of hydrazone groups is 1. The van der Waals surface area contributed by atoms with Gasteiger partial charge in [0.15, 0.2) is 0 Å². The average Bonchev–Trinajstić information content (AvgIpc) is 2.54. The minimum absolute atomic E-state index is 0.0000368. The predicted molar refractivity (Wildman–Crippen MR) is 87.9 cm³/mol. The summed E-state index contributed by atoms with van der Waals surface area (Å²) >= 11 is 0. The van der Waals surface area contributed by atoms with Crippen LogP contribution in [0.1, 0.15) is 11.1 Å². The first-order valence-corrected chi connectivity index (χ1v) is 7.03. The smallest absolute Gasteiger partial charge is 0.270 e. The van der Waals surface area contributed by atoms with E-state index in [0.717, 1.165) is 35.7 Å². The number of non-ortho nitro benzene ring substituents is 1. The van der Waals surface area contributed by atoms with Crippen LogP contribution in [-0.2, 0) is 4.79 Å². The molecule has 8 heteroatoms. The summed E-state index contributed by atoms with van der Waals surface area (Å²) in [5, 5.41) is 28.8. The number of carbonyl (C=O) groups excluding carboxylic acids is 1. The third-order valence-electron chi connectivity index (χ3n) is 3.07. The van der Waals surface area contributed by atoms with Gasteiger partial charge >= 0.3 is 0 Å². The zero-order chi connectivity index (χ0) is 17.5. The molecule has 0 atom stereocenters. The number of rotatable bonds is 6. The molecule has 2 rings (SSSR count). The molecule has 0 aromatic heterocycles. The lowest BCUT2D eigenvalue weighted by molar-refractivity contribution is -0.385. The van der Waals surface area contributed by atoms with Crippen LogP contribution >= 0.6 is 0 Å². The van der Waals surface area contributed by atoms with Crippen molar-refractivity contribution in [3.05, 3.63) is 63.7 Å². The van der Waals surface area contributed by atoms with E-state index < -0.39 is 16.6 Å².